The van der Waals surface area contributed by atoms with Gasteiger partial charge in [-0.15, -0.1) is 10.2 Å². The lowest BCUT2D eigenvalue weighted by Crippen LogP contribution is -2.10. The van der Waals surface area contributed by atoms with E-state index in [9.17, 15) is 14.9 Å². The van der Waals surface area contributed by atoms with Crippen molar-refractivity contribution in [1.29, 1.82) is 0 Å². The first-order valence-corrected chi connectivity index (χ1v) is 8.49. The zero-order valence-corrected chi connectivity index (χ0v) is 14.9. The van der Waals surface area contributed by atoms with Crippen LogP contribution >= 0.6 is 0 Å². The van der Waals surface area contributed by atoms with Crippen molar-refractivity contribution in [3.63, 3.8) is 0 Å². The zero-order valence-electron chi connectivity index (χ0n) is 14.9. The maximum atomic E-state index is 12.6. The van der Waals surface area contributed by atoms with Gasteiger partial charge in [-0.2, -0.15) is 5.10 Å². The summed E-state index contributed by atoms with van der Waals surface area (Å²) >= 11 is 0. The van der Waals surface area contributed by atoms with Crippen molar-refractivity contribution in [2.75, 3.05) is 0 Å². The van der Waals surface area contributed by atoms with Crippen LogP contribution in [0.15, 0.2) is 78.4 Å². The van der Waals surface area contributed by atoms with Crippen LogP contribution in [-0.2, 0) is 0 Å². The highest BCUT2D eigenvalue weighted by atomic mass is 16.6. The Bertz CT molecular complexity index is 1230. The molecule has 0 amide bonds. The Balaban J connectivity index is 1.73. The summed E-state index contributed by atoms with van der Waals surface area (Å²) < 4.78 is 6.96. The van der Waals surface area contributed by atoms with Crippen LogP contribution < -0.4 is 4.74 Å². The van der Waals surface area contributed by atoms with E-state index in [1.54, 1.807) is 12.3 Å². The van der Waals surface area contributed by atoms with Crippen LogP contribution in [0.2, 0.25) is 0 Å². The highest BCUT2D eigenvalue weighted by molar-refractivity contribution is 6.03. The number of rotatable bonds is 5. The molecule has 9 heteroatoms. The van der Waals surface area contributed by atoms with Crippen LogP contribution in [0.25, 0.3) is 10.8 Å². The Morgan fingerprint density at radius 2 is 1.86 bits per heavy atom. The van der Waals surface area contributed by atoms with Crippen molar-refractivity contribution < 1.29 is 14.5 Å². The highest BCUT2D eigenvalue weighted by Gasteiger charge is 2.16. The first-order valence-electron chi connectivity index (χ1n) is 8.49. The molecule has 0 unspecified atom stereocenters. The van der Waals surface area contributed by atoms with Gasteiger partial charge in [-0.3, -0.25) is 10.1 Å². The molecule has 4 rings (SSSR count). The highest BCUT2D eigenvalue weighted by Crippen LogP contribution is 2.28. The Morgan fingerprint density at radius 1 is 1.07 bits per heavy atom. The Kier molecular flexibility index (Phi) is 4.77. The van der Waals surface area contributed by atoms with Gasteiger partial charge >= 0.3 is 5.97 Å². The smallest absolute Gasteiger partial charge is 0.343 e. The minimum absolute atomic E-state index is 0.0778. The van der Waals surface area contributed by atoms with Gasteiger partial charge in [0, 0.05) is 17.7 Å². The largest absolute Gasteiger partial charge is 0.422 e. The van der Waals surface area contributed by atoms with E-state index in [1.165, 1.54) is 41.6 Å². The summed E-state index contributed by atoms with van der Waals surface area (Å²) in [6, 6.07) is 16.4. The van der Waals surface area contributed by atoms with E-state index >= 15 is 0 Å². The van der Waals surface area contributed by atoms with Gasteiger partial charge in [0.15, 0.2) is 0 Å². The standard InChI is InChI=1S/C20H13N5O4/c26-20(15-5-3-6-16(10-15)25(27)28)29-19-9-8-14-4-1-2-7-17(14)18(19)11-23-24-12-21-22-13-24/h1-13H. The van der Waals surface area contributed by atoms with E-state index < -0.39 is 10.9 Å². The molecule has 29 heavy (non-hydrogen) atoms. The quantitative estimate of drug-likeness (QED) is 0.170. The summed E-state index contributed by atoms with van der Waals surface area (Å²) in [5, 5.41) is 24.3. The van der Waals surface area contributed by atoms with Crippen molar-refractivity contribution >= 4 is 28.6 Å². The second-order valence-corrected chi connectivity index (χ2v) is 5.98. The van der Waals surface area contributed by atoms with E-state index in [-0.39, 0.29) is 17.0 Å². The van der Waals surface area contributed by atoms with Gasteiger partial charge in [-0.05, 0) is 22.9 Å². The predicted octanol–water partition coefficient (Wildman–Crippen LogP) is 3.44. The molecule has 0 bridgehead atoms. The zero-order chi connectivity index (χ0) is 20.2. The molecule has 1 aromatic heterocycles. The molecule has 0 saturated heterocycles. The Hall–Kier alpha value is -4.40. The van der Waals surface area contributed by atoms with Crippen LogP contribution in [0.4, 0.5) is 5.69 Å². The van der Waals surface area contributed by atoms with Crippen LogP contribution in [0.3, 0.4) is 0 Å². The van der Waals surface area contributed by atoms with Crippen LogP contribution in [-0.4, -0.2) is 32.0 Å². The van der Waals surface area contributed by atoms with Gasteiger partial charge < -0.3 is 4.74 Å². The molecular weight excluding hydrogens is 374 g/mol. The number of carbonyl (C=O) groups excluding carboxylic acids is 1. The lowest BCUT2D eigenvalue weighted by molar-refractivity contribution is -0.384. The monoisotopic (exact) mass is 387 g/mol. The number of nitrogens with zero attached hydrogens (tertiary/aromatic N) is 5. The van der Waals surface area contributed by atoms with E-state index in [0.29, 0.717) is 5.56 Å². The van der Waals surface area contributed by atoms with Crippen LogP contribution in [0, 0.1) is 10.1 Å². The second kappa shape index (κ2) is 7.69. The van der Waals surface area contributed by atoms with Gasteiger partial charge in [-0.25, -0.2) is 9.47 Å². The predicted molar refractivity (Wildman–Crippen MR) is 105 cm³/mol. The molecule has 0 aliphatic carbocycles. The fourth-order valence-corrected chi connectivity index (χ4v) is 2.78. The summed E-state index contributed by atoms with van der Waals surface area (Å²) in [7, 11) is 0. The number of fused-ring (bicyclic) bond motifs is 1. The minimum atomic E-state index is -0.706. The summed E-state index contributed by atoms with van der Waals surface area (Å²) in [6.07, 6.45) is 4.40. The van der Waals surface area contributed by atoms with E-state index in [4.69, 9.17) is 4.74 Å². The van der Waals surface area contributed by atoms with E-state index in [2.05, 4.69) is 15.3 Å². The molecule has 0 atom stereocenters. The van der Waals surface area contributed by atoms with Gasteiger partial charge in [0.05, 0.1) is 16.7 Å². The maximum absolute atomic E-state index is 12.6. The van der Waals surface area contributed by atoms with Gasteiger partial charge in [0.25, 0.3) is 5.69 Å². The molecule has 142 valence electrons. The first-order chi connectivity index (χ1) is 14.1. The molecule has 0 fully saturated rings. The van der Waals surface area contributed by atoms with Gasteiger partial charge in [0.1, 0.15) is 18.4 Å². The van der Waals surface area contributed by atoms with Gasteiger partial charge in [0.2, 0.25) is 0 Å². The number of carbonyl (C=O) groups is 1. The molecule has 0 saturated carbocycles. The third kappa shape index (κ3) is 3.83. The number of ether oxygens (including phenoxy) is 1. The van der Waals surface area contributed by atoms with Gasteiger partial charge in [-0.1, -0.05) is 36.4 Å². The number of hydrogen-bond acceptors (Lipinski definition) is 7. The molecule has 1 heterocycles. The summed E-state index contributed by atoms with van der Waals surface area (Å²) in [6.45, 7) is 0. The molecule has 4 aromatic rings. The number of hydrogen-bond donors (Lipinski definition) is 0. The summed E-state index contributed by atoms with van der Waals surface area (Å²) in [4.78, 5) is 23.0. The average Bonchev–Trinajstić information content (AvgIpc) is 3.26. The number of nitro groups is 1. The lowest BCUT2D eigenvalue weighted by Gasteiger charge is -2.10. The van der Waals surface area contributed by atoms with Crippen LogP contribution in [0.1, 0.15) is 15.9 Å². The molecule has 3 aromatic carbocycles. The maximum Gasteiger partial charge on any atom is 0.343 e. The molecule has 9 nitrogen and oxygen atoms in total. The fraction of sp³-hybridized carbons (Fsp3) is 0. The van der Waals surface area contributed by atoms with E-state index in [1.807, 2.05) is 30.3 Å². The third-order valence-corrected chi connectivity index (χ3v) is 4.15. The van der Waals surface area contributed by atoms with Crippen molar-refractivity contribution in [3.8, 4) is 5.75 Å². The van der Waals surface area contributed by atoms with Crippen molar-refractivity contribution in [3.05, 3.63) is 94.6 Å². The number of nitro benzene ring substituents is 1. The van der Waals surface area contributed by atoms with Crippen molar-refractivity contribution in [2.24, 2.45) is 5.10 Å². The van der Waals surface area contributed by atoms with E-state index in [0.717, 1.165) is 10.8 Å². The first kappa shape index (κ1) is 18.0. The normalized spacial score (nSPS) is 11.0. The van der Waals surface area contributed by atoms with Crippen LogP contribution in [0.5, 0.6) is 5.75 Å². The molecule has 0 spiro atoms. The molecule has 0 aliphatic rings. The SMILES string of the molecule is O=C(Oc1ccc2ccccc2c1C=Nn1cnnc1)c1cccc([N+](=O)[O-])c1. The minimum Gasteiger partial charge on any atom is -0.422 e. The van der Waals surface area contributed by atoms with Crippen molar-refractivity contribution in [2.45, 2.75) is 0 Å². The third-order valence-electron chi connectivity index (χ3n) is 4.15. The lowest BCUT2D eigenvalue weighted by atomic mass is 10.0. The number of esters is 1. The topological polar surface area (TPSA) is 113 Å². The molecule has 0 N–H and O–H groups in total. The molecular formula is C20H13N5O4. The molecule has 0 radical (unpaired) electrons. The average molecular weight is 387 g/mol. The molecule has 0 aliphatic heterocycles. The summed E-state index contributed by atoms with van der Waals surface area (Å²) in [5.41, 5.74) is 0.469. The fourth-order valence-electron chi connectivity index (χ4n) is 2.78. The number of aromatic nitrogens is 3. The van der Waals surface area contributed by atoms with Crippen molar-refractivity contribution in [1.82, 2.24) is 14.9 Å². The summed E-state index contributed by atoms with van der Waals surface area (Å²) in [5.74, 6) is -0.431. The Labute approximate surface area is 164 Å². The number of benzene rings is 3. The Morgan fingerprint density at radius 3 is 2.66 bits per heavy atom. The second-order valence-electron chi connectivity index (χ2n) is 5.98. The number of non-ortho nitro benzene ring substituents is 1.